The van der Waals surface area contributed by atoms with Gasteiger partial charge in [-0.2, -0.15) is 0 Å². The van der Waals surface area contributed by atoms with Gasteiger partial charge in [-0.05, 0) is 19.3 Å². The predicted octanol–water partition coefficient (Wildman–Crippen LogP) is 1.01. The topological polar surface area (TPSA) is 58.6 Å². The first-order valence-corrected chi connectivity index (χ1v) is 5.23. The third-order valence-corrected chi connectivity index (χ3v) is 3.03. The minimum atomic E-state index is -0.766. The highest BCUT2D eigenvalue weighted by Crippen LogP contribution is 2.18. The molecule has 1 fully saturated rings. The van der Waals surface area contributed by atoms with Crippen molar-refractivity contribution < 1.29 is 14.6 Å². The lowest BCUT2D eigenvalue weighted by atomic mass is 9.91. The Morgan fingerprint density at radius 1 is 1.57 bits per heavy atom. The number of hydrogen-bond acceptors (Lipinski definition) is 3. The predicted molar refractivity (Wildman–Crippen MR) is 53.3 cm³/mol. The average molecular weight is 201 g/mol. The molecule has 4 heteroatoms. The van der Waals surface area contributed by atoms with Crippen LogP contribution in [-0.4, -0.2) is 35.9 Å². The number of carboxylic acid groups (broad SMARTS) is 1. The molecular weight excluding hydrogens is 182 g/mol. The van der Waals surface area contributed by atoms with Crippen LogP contribution >= 0.6 is 0 Å². The molecule has 0 aromatic rings. The van der Waals surface area contributed by atoms with E-state index in [0.29, 0.717) is 19.4 Å². The Morgan fingerprint density at radius 2 is 2.21 bits per heavy atom. The molecule has 0 saturated carbocycles. The standard InChI is InChI=1S/C10H19NO3/c1-3-10(4-2,9(12)13)11-8-5-6-14-7-8/h8,11H,3-7H2,1-2H3,(H,12,13). The maximum absolute atomic E-state index is 11.2. The van der Waals surface area contributed by atoms with E-state index in [0.717, 1.165) is 13.0 Å². The van der Waals surface area contributed by atoms with E-state index in [1.54, 1.807) is 0 Å². The molecule has 1 atom stereocenters. The summed E-state index contributed by atoms with van der Waals surface area (Å²) in [7, 11) is 0. The van der Waals surface area contributed by atoms with Crippen molar-refractivity contribution in [2.24, 2.45) is 0 Å². The number of carboxylic acids is 1. The third-order valence-electron chi connectivity index (χ3n) is 3.03. The SMILES string of the molecule is CCC(CC)(NC1CCOC1)C(=O)O. The Hall–Kier alpha value is -0.610. The van der Waals surface area contributed by atoms with Gasteiger partial charge in [0.15, 0.2) is 0 Å². The van der Waals surface area contributed by atoms with Gasteiger partial charge in [0.1, 0.15) is 5.54 Å². The first-order valence-electron chi connectivity index (χ1n) is 5.23. The highest BCUT2D eigenvalue weighted by Gasteiger charge is 2.37. The van der Waals surface area contributed by atoms with Crippen molar-refractivity contribution >= 4 is 5.97 Å². The van der Waals surface area contributed by atoms with Gasteiger partial charge in [0.25, 0.3) is 0 Å². The van der Waals surface area contributed by atoms with E-state index in [9.17, 15) is 9.90 Å². The second-order valence-corrected chi connectivity index (χ2v) is 3.80. The minimum absolute atomic E-state index is 0.200. The fraction of sp³-hybridized carbons (Fsp3) is 0.900. The van der Waals surface area contributed by atoms with Crippen LogP contribution in [0.25, 0.3) is 0 Å². The van der Waals surface area contributed by atoms with Gasteiger partial charge in [-0.15, -0.1) is 0 Å². The van der Waals surface area contributed by atoms with Gasteiger partial charge in [-0.1, -0.05) is 13.8 Å². The van der Waals surface area contributed by atoms with Gasteiger partial charge in [0, 0.05) is 12.6 Å². The summed E-state index contributed by atoms with van der Waals surface area (Å²) in [5.74, 6) is -0.755. The van der Waals surface area contributed by atoms with Crippen molar-refractivity contribution in [3.63, 3.8) is 0 Å². The minimum Gasteiger partial charge on any atom is -0.480 e. The molecule has 1 heterocycles. The Morgan fingerprint density at radius 3 is 2.57 bits per heavy atom. The fourth-order valence-electron chi connectivity index (χ4n) is 1.86. The number of hydrogen-bond donors (Lipinski definition) is 2. The van der Waals surface area contributed by atoms with Crippen LogP contribution in [0.1, 0.15) is 33.1 Å². The zero-order chi connectivity index (χ0) is 10.6. The van der Waals surface area contributed by atoms with Crippen molar-refractivity contribution in [2.45, 2.75) is 44.7 Å². The first-order chi connectivity index (χ1) is 6.64. The van der Waals surface area contributed by atoms with Crippen LogP contribution < -0.4 is 5.32 Å². The molecule has 1 aliphatic rings. The third kappa shape index (κ3) is 2.25. The largest absolute Gasteiger partial charge is 0.480 e. The molecule has 1 unspecified atom stereocenters. The average Bonchev–Trinajstić information content (AvgIpc) is 2.66. The van der Waals surface area contributed by atoms with E-state index >= 15 is 0 Å². The molecule has 1 rings (SSSR count). The van der Waals surface area contributed by atoms with Crippen LogP contribution in [0, 0.1) is 0 Å². The number of rotatable bonds is 5. The van der Waals surface area contributed by atoms with Crippen molar-refractivity contribution in [2.75, 3.05) is 13.2 Å². The highest BCUT2D eigenvalue weighted by atomic mass is 16.5. The Kier molecular flexibility index (Phi) is 3.89. The van der Waals surface area contributed by atoms with Crippen LogP contribution in [0.3, 0.4) is 0 Å². The van der Waals surface area contributed by atoms with E-state index in [4.69, 9.17) is 4.74 Å². The van der Waals surface area contributed by atoms with Crippen LogP contribution in [0.15, 0.2) is 0 Å². The van der Waals surface area contributed by atoms with Gasteiger partial charge >= 0.3 is 5.97 Å². The number of ether oxygens (including phenoxy) is 1. The smallest absolute Gasteiger partial charge is 0.323 e. The maximum atomic E-state index is 11.2. The number of aliphatic carboxylic acids is 1. The Balaban J connectivity index is 2.61. The normalized spacial score (nSPS) is 22.6. The van der Waals surface area contributed by atoms with Gasteiger partial charge < -0.3 is 9.84 Å². The van der Waals surface area contributed by atoms with E-state index in [1.165, 1.54) is 0 Å². The molecule has 82 valence electrons. The molecule has 4 nitrogen and oxygen atoms in total. The second-order valence-electron chi connectivity index (χ2n) is 3.80. The Bertz CT molecular complexity index is 196. The first kappa shape index (κ1) is 11.5. The number of nitrogens with one attached hydrogen (secondary N) is 1. The van der Waals surface area contributed by atoms with Crippen molar-refractivity contribution in [1.29, 1.82) is 0 Å². The monoisotopic (exact) mass is 201 g/mol. The Labute approximate surface area is 84.6 Å². The molecule has 0 aliphatic carbocycles. The van der Waals surface area contributed by atoms with E-state index in [-0.39, 0.29) is 6.04 Å². The molecule has 0 amide bonds. The van der Waals surface area contributed by atoms with Crippen LogP contribution in [0.2, 0.25) is 0 Å². The van der Waals surface area contributed by atoms with Crippen LogP contribution in [-0.2, 0) is 9.53 Å². The summed E-state index contributed by atoms with van der Waals surface area (Å²) in [5, 5.41) is 12.4. The zero-order valence-electron chi connectivity index (χ0n) is 8.88. The van der Waals surface area contributed by atoms with E-state index in [1.807, 2.05) is 13.8 Å². The number of carbonyl (C=O) groups is 1. The summed E-state index contributed by atoms with van der Waals surface area (Å²) in [4.78, 5) is 11.2. The summed E-state index contributed by atoms with van der Waals surface area (Å²) in [6.07, 6.45) is 2.12. The van der Waals surface area contributed by atoms with Crippen LogP contribution in [0.5, 0.6) is 0 Å². The van der Waals surface area contributed by atoms with Gasteiger partial charge in [-0.25, -0.2) is 0 Å². The molecular formula is C10H19NO3. The van der Waals surface area contributed by atoms with Gasteiger partial charge in [0.05, 0.1) is 6.61 Å². The quantitative estimate of drug-likeness (QED) is 0.697. The fourth-order valence-corrected chi connectivity index (χ4v) is 1.86. The lowest BCUT2D eigenvalue weighted by molar-refractivity contribution is -0.145. The van der Waals surface area contributed by atoms with E-state index in [2.05, 4.69) is 5.32 Å². The summed E-state index contributed by atoms with van der Waals surface area (Å²) in [5.41, 5.74) is -0.766. The second kappa shape index (κ2) is 4.75. The molecule has 0 aromatic heterocycles. The van der Waals surface area contributed by atoms with Crippen molar-refractivity contribution in [3.8, 4) is 0 Å². The molecule has 1 aliphatic heterocycles. The van der Waals surface area contributed by atoms with Crippen molar-refractivity contribution in [1.82, 2.24) is 5.32 Å². The molecule has 2 N–H and O–H groups in total. The maximum Gasteiger partial charge on any atom is 0.323 e. The summed E-state index contributed by atoms with van der Waals surface area (Å²) in [6.45, 7) is 5.18. The molecule has 14 heavy (non-hydrogen) atoms. The molecule has 0 spiro atoms. The zero-order valence-corrected chi connectivity index (χ0v) is 8.88. The molecule has 0 radical (unpaired) electrons. The molecule has 0 aromatic carbocycles. The van der Waals surface area contributed by atoms with Gasteiger partial charge in [0.2, 0.25) is 0 Å². The van der Waals surface area contributed by atoms with Crippen LogP contribution in [0.4, 0.5) is 0 Å². The lowest BCUT2D eigenvalue weighted by Gasteiger charge is -2.31. The lowest BCUT2D eigenvalue weighted by Crippen LogP contribution is -2.55. The summed E-state index contributed by atoms with van der Waals surface area (Å²) < 4.78 is 5.22. The molecule has 1 saturated heterocycles. The summed E-state index contributed by atoms with van der Waals surface area (Å²) in [6, 6.07) is 0.200. The van der Waals surface area contributed by atoms with Crippen molar-refractivity contribution in [3.05, 3.63) is 0 Å². The highest BCUT2D eigenvalue weighted by molar-refractivity contribution is 5.78. The summed E-state index contributed by atoms with van der Waals surface area (Å²) >= 11 is 0. The molecule has 0 bridgehead atoms. The van der Waals surface area contributed by atoms with E-state index < -0.39 is 11.5 Å². The van der Waals surface area contributed by atoms with Gasteiger partial charge in [-0.3, -0.25) is 10.1 Å².